The number of hydrogen-bond acceptors (Lipinski definition) is 4. The molecule has 2 aromatic rings. The summed E-state index contributed by atoms with van der Waals surface area (Å²) in [6.45, 7) is 0.867. The summed E-state index contributed by atoms with van der Waals surface area (Å²) in [6.07, 6.45) is 0.675. The monoisotopic (exact) mass is 326 g/mol. The topological polar surface area (TPSA) is 63.4 Å². The second kappa shape index (κ2) is 5.49. The van der Waals surface area contributed by atoms with E-state index in [-0.39, 0.29) is 11.4 Å². The van der Waals surface area contributed by atoms with Gasteiger partial charge in [0.1, 0.15) is 10.7 Å². The Labute approximate surface area is 127 Å². The van der Waals surface area contributed by atoms with Crippen LogP contribution in [0.2, 0.25) is 0 Å². The van der Waals surface area contributed by atoms with E-state index in [1.807, 2.05) is 11.4 Å². The van der Waals surface area contributed by atoms with Crippen LogP contribution in [0.1, 0.15) is 16.0 Å². The molecule has 0 unspecified atom stereocenters. The number of rotatable bonds is 3. The number of hydrogen-bond donors (Lipinski definition) is 1. The quantitative estimate of drug-likeness (QED) is 0.939. The minimum absolute atomic E-state index is 0.180. The van der Waals surface area contributed by atoms with Crippen LogP contribution >= 0.6 is 11.3 Å². The molecule has 2 heterocycles. The highest BCUT2D eigenvalue weighted by atomic mass is 32.2. The second-order valence-electron chi connectivity index (χ2n) is 4.93. The summed E-state index contributed by atoms with van der Waals surface area (Å²) >= 11 is 1.63. The molecule has 0 amide bonds. The highest BCUT2D eigenvalue weighted by Crippen LogP contribution is 2.29. The zero-order valence-corrected chi connectivity index (χ0v) is 12.9. The van der Waals surface area contributed by atoms with E-state index < -0.39 is 15.8 Å². The molecule has 0 spiro atoms. The number of halogens is 1. The molecule has 3 rings (SSSR count). The van der Waals surface area contributed by atoms with E-state index in [1.54, 1.807) is 17.4 Å². The van der Waals surface area contributed by atoms with Gasteiger partial charge in [0.15, 0.2) is 0 Å². The predicted octanol–water partition coefficient (Wildman–Crippen LogP) is 2.09. The fourth-order valence-corrected chi connectivity index (χ4v) is 4.80. The Morgan fingerprint density at radius 1 is 1.33 bits per heavy atom. The molecule has 1 aromatic heterocycles. The molecule has 0 fully saturated rings. The summed E-state index contributed by atoms with van der Waals surface area (Å²) in [6, 6.07) is 5.97. The number of nitrogens with zero attached hydrogens (tertiary/aromatic N) is 1. The lowest BCUT2D eigenvalue weighted by Gasteiger charge is -2.26. The molecule has 21 heavy (non-hydrogen) atoms. The number of nitrogens with two attached hydrogens (primary N) is 1. The van der Waals surface area contributed by atoms with Gasteiger partial charge in [-0.2, -0.15) is 4.31 Å². The van der Waals surface area contributed by atoms with Crippen LogP contribution < -0.4 is 5.73 Å². The maximum Gasteiger partial charge on any atom is 0.246 e. The van der Waals surface area contributed by atoms with Crippen molar-refractivity contribution in [3.05, 3.63) is 51.5 Å². The summed E-state index contributed by atoms with van der Waals surface area (Å²) in [7, 11) is -3.82. The molecule has 1 aliphatic heterocycles. The average molecular weight is 326 g/mol. The van der Waals surface area contributed by atoms with Gasteiger partial charge in [-0.05, 0) is 41.1 Å². The molecule has 0 saturated carbocycles. The summed E-state index contributed by atoms with van der Waals surface area (Å²) in [5.41, 5.74) is 7.02. The van der Waals surface area contributed by atoms with E-state index in [4.69, 9.17) is 5.73 Å². The first-order chi connectivity index (χ1) is 10.0. The summed E-state index contributed by atoms with van der Waals surface area (Å²) in [5, 5.41) is 1.96. The van der Waals surface area contributed by atoms with Crippen molar-refractivity contribution in [2.45, 2.75) is 24.4 Å². The molecule has 0 atom stereocenters. The normalized spacial score (nSPS) is 15.9. The van der Waals surface area contributed by atoms with Crippen LogP contribution in [-0.2, 0) is 29.5 Å². The van der Waals surface area contributed by atoms with Crippen LogP contribution in [0, 0.1) is 5.82 Å². The molecule has 0 bridgehead atoms. The molecule has 0 radical (unpaired) electrons. The maximum absolute atomic E-state index is 14.1. The van der Waals surface area contributed by atoms with Crippen molar-refractivity contribution in [1.29, 1.82) is 0 Å². The molecule has 4 nitrogen and oxygen atoms in total. The van der Waals surface area contributed by atoms with Gasteiger partial charge in [0.2, 0.25) is 10.0 Å². The van der Waals surface area contributed by atoms with Gasteiger partial charge in [-0.15, -0.1) is 11.3 Å². The SMILES string of the molecule is NCc1ccc(S(=O)(=O)N2CCc3sccc3C2)c(F)c1. The number of fused-ring (bicyclic) bond motifs is 1. The molecule has 1 aliphatic rings. The third kappa shape index (κ3) is 2.62. The van der Waals surface area contributed by atoms with Crippen molar-refractivity contribution in [2.24, 2.45) is 5.73 Å². The van der Waals surface area contributed by atoms with Crippen LogP contribution in [0.4, 0.5) is 4.39 Å². The lowest BCUT2D eigenvalue weighted by Crippen LogP contribution is -2.35. The van der Waals surface area contributed by atoms with Gasteiger partial charge in [0.25, 0.3) is 0 Å². The predicted molar refractivity (Wildman–Crippen MR) is 79.9 cm³/mol. The third-order valence-electron chi connectivity index (χ3n) is 3.62. The first-order valence-electron chi connectivity index (χ1n) is 6.56. The molecular weight excluding hydrogens is 311 g/mol. The summed E-state index contributed by atoms with van der Waals surface area (Å²) < 4.78 is 40.6. The van der Waals surface area contributed by atoms with E-state index in [2.05, 4.69) is 0 Å². The van der Waals surface area contributed by atoms with Crippen molar-refractivity contribution in [2.75, 3.05) is 6.54 Å². The third-order valence-corrected chi connectivity index (χ3v) is 6.52. The van der Waals surface area contributed by atoms with Crippen molar-refractivity contribution in [3.8, 4) is 0 Å². The minimum atomic E-state index is -3.82. The van der Waals surface area contributed by atoms with Crippen LogP contribution in [-0.4, -0.2) is 19.3 Å². The first kappa shape index (κ1) is 14.6. The lowest BCUT2D eigenvalue weighted by molar-refractivity contribution is 0.391. The van der Waals surface area contributed by atoms with Gasteiger partial charge in [-0.1, -0.05) is 6.07 Å². The van der Waals surface area contributed by atoms with E-state index in [0.717, 1.165) is 5.56 Å². The molecule has 112 valence electrons. The number of sulfonamides is 1. The Bertz CT molecular complexity index is 771. The van der Waals surface area contributed by atoms with Gasteiger partial charge in [0, 0.05) is 24.5 Å². The van der Waals surface area contributed by atoms with Crippen molar-refractivity contribution in [1.82, 2.24) is 4.31 Å². The van der Waals surface area contributed by atoms with Crippen LogP contribution in [0.15, 0.2) is 34.5 Å². The minimum Gasteiger partial charge on any atom is -0.326 e. The van der Waals surface area contributed by atoms with E-state index in [0.29, 0.717) is 25.1 Å². The van der Waals surface area contributed by atoms with Crippen molar-refractivity contribution < 1.29 is 12.8 Å². The standard InChI is InChI=1S/C14H15FN2O2S2/c15-12-7-10(8-16)1-2-14(12)21(18,19)17-5-3-13-11(9-17)4-6-20-13/h1-2,4,6-7H,3,5,8-9,16H2. The fourth-order valence-electron chi connectivity index (χ4n) is 2.45. The van der Waals surface area contributed by atoms with Gasteiger partial charge in [-0.3, -0.25) is 0 Å². The summed E-state index contributed by atoms with van der Waals surface area (Å²) in [4.78, 5) is 0.929. The number of benzene rings is 1. The molecule has 7 heteroatoms. The summed E-state index contributed by atoms with van der Waals surface area (Å²) in [5.74, 6) is -0.742. The maximum atomic E-state index is 14.1. The van der Waals surface area contributed by atoms with Gasteiger partial charge < -0.3 is 5.73 Å². The molecular formula is C14H15FN2O2S2. The van der Waals surface area contributed by atoms with Gasteiger partial charge in [-0.25, -0.2) is 12.8 Å². The molecule has 1 aromatic carbocycles. The Hall–Kier alpha value is -1.28. The molecule has 2 N–H and O–H groups in total. The van der Waals surface area contributed by atoms with E-state index in [1.165, 1.54) is 21.3 Å². The van der Waals surface area contributed by atoms with Crippen molar-refractivity contribution >= 4 is 21.4 Å². The largest absolute Gasteiger partial charge is 0.326 e. The van der Waals surface area contributed by atoms with Crippen LogP contribution in [0.5, 0.6) is 0 Å². The van der Waals surface area contributed by atoms with E-state index >= 15 is 0 Å². The lowest BCUT2D eigenvalue weighted by atomic mass is 10.1. The van der Waals surface area contributed by atoms with Crippen molar-refractivity contribution in [3.63, 3.8) is 0 Å². The Kier molecular flexibility index (Phi) is 3.83. The van der Waals surface area contributed by atoms with E-state index in [9.17, 15) is 12.8 Å². The van der Waals surface area contributed by atoms with Gasteiger partial charge >= 0.3 is 0 Å². The number of thiophene rings is 1. The average Bonchev–Trinajstić information content (AvgIpc) is 2.94. The fraction of sp³-hybridized carbons (Fsp3) is 0.286. The second-order valence-corrected chi connectivity index (χ2v) is 7.83. The molecule has 0 saturated heterocycles. The zero-order chi connectivity index (χ0) is 15.0. The van der Waals surface area contributed by atoms with Crippen LogP contribution in [0.3, 0.4) is 0 Å². The highest BCUT2D eigenvalue weighted by molar-refractivity contribution is 7.89. The zero-order valence-electron chi connectivity index (χ0n) is 11.3. The smallest absolute Gasteiger partial charge is 0.246 e. The highest BCUT2D eigenvalue weighted by Gasteiger charge is 2.30. The van der Waals surface area contributed by atoms with Gasteiger partial charge in [0.05, 0.1) is 0 Å². The van der Waals surface area contributed by atoms with Crippen LogP contribution in [0.25, 0.3) is 0 Å². The molecule has 0 aliphatic carbocycles. The Morgan fingerprint density at radius 3 is 2.86 bits per heavy atom. The first-order valence-corrected chi connectivity index (χ1v) is 8.88. The Morgan fingerprint density at radius 2 is 2.14 bits per heavy atom. The Balaban J connectivity index is 1.95.